The van der Waals surface area contributed by atoms with E-state index in [1.54, 1.807) is 29.0 Å². The molecule has 9 heteroatoms. The molecule has 6 nitrogen and oxygen atoms in total. The predicted octanol–water partition coefficient (Wildman–Crippen LogP) is 5.78. The molecule has 4 aromatic rings. The molecule has 1 amide bonds. The Morgan fingerprint density at radius 1 is 1.16 bits per heavy atom. The van der Waals surface area contributed by atoms with E-state index >= 15 is 0 Å². The number of aromatic nitrogens is 2. The number of benzene rings is 2. The van der Waals surface area contributed by atoms with Gasteiger partial charge in [0.1, 0.15) is 4.60 Å². The van der Waals surface area contributed by atoms with E-state index in [1.807, 2.05) is 24.3 Å². The molecule has 0 saturated heterocycles. The van der Waals surface area contributed by atoms with Gasteiger partial charge >= 0.3 is 6.03 Å². The Labute approximate surface area is 221 Å². The van der Waals surface area contributed by atoms with E-state index in [0.29, 0.717) is 47.3 Å². The normalized spacial score (nSPS) is 13.6. The molecule has 2 aromatic carbocycles. The number of hydrogen-bond acceptors (Lipinski definition) is 4. The van der Waals surface area contributed by atoms with Crippen LogP contribution in [0.25, 0.3) is 17.0 Å². The van der Waals surface area contributed by atoms with Gasteiger partial charge in [-0.2, -0.15) is 5.26 Å². The van der Waals surface area contributed by atoms with Gasteiger partial charge in [-0.25, -0.2) is 18.6 Å². The van der Waals surface area contributed by atoms with Crippen molar-refractivity contribution in [3.8, 4) is 6.07 Å². The first-order chi connectivity index (χ1) is 17.9. The van der Waals surface area contributed by atoms with Crippen molar-refractivity contribution in [2.75, 3.05) is 13.1 Å². The molecule has 2 aromatic heterocycles. The van der Waals surface area contributed by atoms with E-state index in [1.165, 1.54) is 12.1 Å². The lowest BCUT2D eigenvalue weighted by Gasteiger charge is -2.27. The molecule has 1 N–H and O–H groups in total. The Balaban J connectivity index is 1.39. The lowest BCUT2D eigenvalue weighted by molar-refractivity contribution is 0.240. The molecule has 3 heterocycles. The van der Waals surface area contributed by atoms with Crippen molar-refractivity contribution in [1.82, 2.24) is 19.8 Å². The minimum Gasteiger partial charge on any atom is -0.333 e. The van der Waals surface area contributed by atoms with Crippen LogP contribution in [-0.2, 0) is 19.5 Å². The number of rotatable bonds is 5. The SMILES string of the molecule is N#Cc1ccc2c3c(n(C(=O)NCc4ccnc(Br)c4)c2c1)CCN(C/C=C/c1ccc(F)c(F)c1)C3. The third kappa shape index (κ3) is 5.31. The second kappa shape index (κ2) is 10.6. The van der Waals surface area contributed by atoms with Crippen LogP contribution in [0, 0.1) is 23.0 Å². The van der Waals surface area contributed by atoms with Crippen LogP contribution in [0.3, 0.4) is 0 Å². The van der Waals surface area contributed by atoms with Crippen LogP contribution in [-0.4, -0.2) is 33.6 Å². The van der Waals surface area contributed by atoms with Crippen molar-refractivity contribution in [2.24, 2.45) is 0 Å². The fourth-order valence-corrected chi connectivity index (χ4v) is 5.05. The molecular formula is C28H22BrF2N5O. The van der Waals surface area contributed by atoms with Crippen LogP contribution in [0.2, 0.25) is 0 Å². The van der Waals surface area contributed by atoms with Gasteiger partial charge in [-0.05, 0) is 69.0 Å². The maximum Gasteiger partial charge on any atom is 0.326 e. The second-order valence-corrected chi connectivity index (χ2v) is 9.62. The number of nitrogens with zero attached hydrogens (tertiary/aromatic N) is 4. The third-order valence-corrected chi connectivity index (χ3v) is 6.85. The quantitative estimate of drug-likeness (QED) is 0.313. The molecular weight excluding hydrogens is 540 g/mol. The van der Waals surface area contributed by atoms with Crippen LogP contribution in [0.1, 0.15) is 27.9 Å². The number of amides is 1. The zero-order valence-electron chi connectivity index (χ0n) is 19.7. The van der Waals surface area contributed by atoms with Gasteiger partial charge in [-0.1, -0.05) is 24.3 Å². The molecule has 1 aliphatic rings. The summed E-state index contributed by atoms with van der Waals surface area (Å²) in [4.78, 5) is 19.7. The first-order valence-corrected chi connectivity index (χ1v) is 12.5. The zero-order valence-corrected chi connectivity index (χ0v) is 21.3. The number of nitrogens with one attached hydrogen (secondary N) is 1. The average Bonchev–Trinajstić information content (AvgIpc) is 3.22. The summed E-state index contributed by atoms with van der Waals surface area (Å²) >= 11 is 3.35. The van der Waals surface area contributed by atoms with Gasteiger partial charge < -0.3 is 5.32 Å². The van der Waals surface area contributed by atoms with Crippen molar-refractivity contribution in [2.45, 2.75) is 19.5 Å². The first kappa shape index (κ1) is 24.8. The van der Waals surface area contributed by atoms with Crippen LogP contribution in [0.5, 0.6) is 0 Å². The van der Waals surface area contributed by atoms with Crippen LogP contribution in [0.15, 0.2) is 65.4 Å². The van der Waals surface area contributed by atoms with Gasteiger partial charge in [-0.15, -0.1) is 0 Å². The highest BCUT2D eigenvalue weighted by atomic mass is 79.9. The van der Waals surface area contributed by atoms with Crippen LogP contribution < -0.4 is 5.32 Å². The minimum atomic E-state index is -0.871. The summed E-state index contributed by atoms with van der Waals surface area (Å²) in [5, 5.41) is 13.4. The van der Waals surface area contributed by atoms with Gasteiger partial charge in [-0.3, -0.25) is 9.47 Å². The summed E-state index contributed by atoms with van der Waals surface area (Å²) in [6.07, 6.45) is 6.02. The fraction of sp³-hybridized carbons (Fsp3) is 0.179. The topological polar surface area (TPSA) is 74.0 Å². The molecule has 1 aliphatic heterocycles. The molecule has 5 rings (SSSR count). The largest absolute Gasteiger partial charge is 0.333 e. The fourth-order valence-electron chi connectivity index (χ4n) is 4.63. The Morgan fingerprint density at radius 3 is 2.81 bits per heavy atom. The molecule has 0 aliphatic carbocycles. The molecule has 37 heavy (non-hydrogen) atoms. The molecule has 0 bridgehead atoms. The Bertz CT molecular complexity index is 1570. The highest BCUT2D eigenvalue weighted by Crippen LogP contribution is 2.31. The van der Waals surface area contributed by atoms with E-state index in [2.05, 4.69) is 37.2 Å². The van der Waals surface area contributed by atoms with E-state index in [0.717, 1.165) is 34.8 Å². The summed E-state index contributed by atoms with van der Waals surface area (Å²) < 4.78 is 29.0. The Morgan fingerprint density at radius 2 is 2.03 bits per heavy atom. The van der Waals surface area contributed by atoms with Crippen molar-refractivity contribution in [3.63, 3.8) is 0 Å². The molecule has 0 fully saturated rings. The zero-order chi connectivity index (χ0) is 25.9. The van der Waals surface area contributed by atoms with Gasteiger partial charge in [0.2, 0.25) is 0 Å². The Kier molecular flexibility index (Phi) is 7.12. The van der Waals surface area contributed by atoms with E-state index < -0.39 is 11.6 Å². The maximum atomic E-state index is 13.5. The highest BCUT2D eigenvalue weighted by Gasteiger charge is 2.26. The minimum absolute atomic E-state index is 0.249. The third-order valence-electron chi connectivity index (χ3n) is 6.41. The number of nitriles is 1. The smallest absolute Gasteiger partial charge is 0.326 e. The average molecular weight is 562 g/mol. The lowest BCUT2D eigenvalue weighted by atomic mass is 10.0. The van der Waals surface area contributed by atoms with Crippen molar-refractivity contribution in [1.29, 1.82) is 5.26 Å². The molecule has 0 atom stereocenters. The van der Waals surface area contributed by atoms with Gasteiger partial charge in [0.15, 0.2) is 11.6 Å². The van der Waals surface area contributed by atoms with Crippen molar-refractivity contribution in [3.05, 3.63) is 105 Å². The molecule has 0 saturated carbocycles. The van der Waals surface area contributed by atoms with E-state index in [4.69, 9.17) is 0 Å². The monoisotopic (exact) mass is 561 g/mol. The van der Waals surface area contributed by atoms with Crippen molar-refractivity contribution < 1.29 is 13.6 Å². The van der Waals surface area contributed by atoms with Gasteiger partial charge in [0, 0.05) is 49.9 Å². The van der Waals surface area contributed by atoms with Crippen LogP contribution >= 0.6 is 15.9 Å². The summed E-state index contributed by atoms with van der Waals surface area (Å²) in [5.41, 5.74) is 4.68. The number of halogens is 3. The second-order valence-electron chi connectivity index (χ2n) is 8.81. The lowest BCUT2D eigenvalue weighted by Crippen LogP contribution is -2.34. The van der Waals surface area contributed by atoms with E-state index in [-0.39, 0.29) is 6.03 Å². The first-order valence-electron chi connectivity index (χ1n) is 11.7. The summed E-state index contributed by atoms with van der Waals surface area (Å²) in [7, 11) is 0. The molecule has 0 unspecified atom stereocenters. The predicted molar refractivity (Wildman–Crippen MR) is 141 cm³/mol. The molecule has 186 valence electrons. The van der Waals surface area contributed by atoms with Gasteiger partial charge in [0.05, 0.1) is 17.1 Å². The van der Waals surface area contributed by atoms with Crippen LogP contribution in [0.4, 0.5) is 13.6 Å². The van der Waals surface area contributed by atoms with E-state index in [9.17, 15) is 18.8 Å². The number of carbonyl (C=O) groups excluding carboxylic acids is 1. The highest BCUT2D eigenvalue weighted by molar-refractivity contribution is 9.10. The van der Waals surface area contributed by atoms with Crippen molar-refractivity contribution >= 4 is 38.9 Å². The summed E-state index contributed by atoms with van der Waals surface area (Å²) in [6.45, 7) is 2.30. The number of pyridine rings is 1. The maximum absolute atomic E-state index is 13.5. The standard InChI is InChI=1S/C28H22BrF2N5O/c29-27-14-20(7-9-33-27)16-34-28(37)36-25-8-11-35(10-1-2-18-4-6-23(30)24(31)12-18)17-22(25)21-5-3-19(15-32)13-26(21)36/h1-7,9,12-14H,8,10-11,16-17H2,(H,34,37)/b2-1+. The number of carbonyl (C=O) groups is 1. The number of fused-ring (bicyclic) bond motifs is 3. The summed E-state index contributed by atoms with van der Waals surface area (Å²) in [6, 6.07) is 14.8. The van der Waals surface area contributed by atoms with Gasteiger partial charge in [0.25, 0.3) is 0 Å². The molecule has 0 spiro atoms. The summed E-state index contributed by atoms with van der Waals surface area (Å²) in [5.74, 6) is -1.74. The number of hydrogen-bond donors (Lipinski definition) is 1. The Hall–Kier alpha value is -3.87. The molecule has 0 radical (unpaired) electrons.